The van der Waals surface area contributed by atoms with E-state index in [0.717, 1.165) is 18.4 Å². The molecule has 170 valence electrons. The number of hydrogen-bond donors (Lipinski definition) is 2. The zero-order valence-electron chi connectivity index (χ0n) is 18.9. The summed E-state index contributed by atoms with van der Waals surface area (Å²) in [4.78, 5) is 26.2. The van der Waals surface area contributed by atoms with Crippen LogP contribution in [0, 0.1) is 16.7 Å². The molecule has 2 aromatic carbocycles. The summed E-state index contributed by atoms with van der Waals surface area (Å²) in [6.07, 6.45) is 1.94. The first-order valence-electron chi connectivity index (χ1n) is 10.9. The second kappa shape index (κ2) is 8.87. The summed E-state index contributed by atoms with van der Waals surface area (Å²) in [5, 5.41) is 20.6. The molecule has 1 saturated carbocycles. The van der Waals surface area contributed by atoms with Gasteiger partial charge in [0.15, 0.2) is 5.69 Å². The molecule has 0 radical (unpaired) electrons. The fraction of sp³-hybridized carbons (Fsp3) is 0.360. The lowest BCUT2D eigenvalue weighted by Crippen LogP contribution is -2.54. The second-order valence-corrected chi connectivity index (χ2v) is 9.91. The van der Waals surface area contributed by atoms with Crippen LogP contribution in [0.25, 0.3) is 10.9 Å². The van der Waals surface area contributed by atoms with Crippen LogP contribution < -0.4 is 10.6 Å². The van der Waals surface area contributed by atoms with Crippen LogP contribution in [0.1, 0.15) is 55.2 Å². The number of nitrogens with one attached hydrogen (secondary N) is 2. The molecule has 1 aliphatic rings. The Morgan fingerprint density at radius 2 is 1.91 bits per heavy atom. The molecule has 2 N–H and O–H groups in total. The monoisotopic (exact) mass is 463 g/mol. The highest BCUT2D eigenvalue weighted by Gasteiger charge is 2.36. The Bertz CT molecular complexity index is 1250. The molecule has 1 unspecified atom stereocenters. The van der Waals surface area contributed by atoms with Crippen molar-refractivity contribution in [2.24, 2.45) is 5.41 Å². The summed E-state index contributed by atoms with van der Waals surface area (Å²) in [6, 6.07) is 14.1. The van der Waals surface area contributed by atoms with Crippen molar-refractivity contribution in [2.75, 3.05) is 0 Å². The summed E-state index contributed by atoms with van der Waals surface area (Å²) < 4.78 is 1.68. The molecule has 1 heterocycles. The van der Waals surface area contributed by atoms with Gasteiger partial charge in [-0.25, -0.2) is 0 Å². The number of carbonyl (C=O) groups excluding carboxylic acids is 2. The largest absolute Gasteiger partial charge is 0.352 e. The average Bonchev–Trinajstić information content (AvgIpc) is 3.50. The Labute approximate surface area is 197 Å². The van der Waals surface area contributed by atoms with E-state index in [1.165, 1.54) is 0 Å². The normalized spacial score (nSPS) is 14.5. The van der Waals surface area contributed by atoms with Crippen molar-refractivity contribution in [3.05, 3.63) is 64.3 Å². The van der Waals surface area contributed by atoms with E-state index in [-0.39, 0.29) is 17.6 Å². The molecular formula is C25H26ClN5O2. The van der Waals surface area contributed by atoms with E-state index in [9.17, 15) is 9.59 Å². The number of rotatable bonds is 6. The molecule has 1 atom stereocenters. The number of para-hydroxylation sites is 1. The summed E-state index contributed by atoms with van der Waals surface area (Å²) >= 11 is 6.49. The number of carbonyl (C=O) groups is 2. The van der Waals surface area contributed by atoms with Gasteiger partial charge in [0.25, 0.3) is 5.91 Å². The number of amides is 2. The Morgan fingerprint density at radius 3 is 2.52 bits per heavy atom. The SMILES string of the molecule is CC(C)(C)C(NC(=O)c1nn(Cc2ccc(C#N)cc2)c2c(Cl)cccc12)C(=O)NC1CC1. The first kappa shape index (κ1) is 22.8. The van der Waals surface area contributed by atoms with Crippen LogP contribution in [0.4, 0.5) is 0 Å². The fourth-order valence-corrected chi connectivity index (χ4v) is 3.99. The first-order valence-corrected chi connectivity index (χ1v) is 11.3. The van der Waals surface area contributed by atoms with Crippen LogP contribution in [0.3, 0.4) is 0 Å². The van der Waals surface area contributed by atoms with Gasteiger partial charge in [0.1, 0.15) is 6.04 Å². The first-order chi connectivity index (χ1) is 15.7. The third kappa shape index (κ3) is 5.01. The molecule has 0 aliphatic heterocycles. The third-order valence-electron chi connectivity index (χ3n) is 5.68. The maximum absolute atomic E-state index is 13.3. The fourth-order valence-electron chi connectivity index (χ4n) is 3.72. The maximum Gasteiger partial charge on any atom is 0.273 e. The van der Waals surface area contributed by atoms with Crippen molar-refractivity contribution in [1.29, 1.82) is 5.26 Å². The molecule has 33 heavy (non-hydrogen) atoms. The molecule has 0 saturated heterocycles. The van der Waals surface area contributed by atoms with Gasteiger partial charge in [0, 0.05) is 11.4 Å². The van der Waals surface area contributed by atoms with Crippen molar-refractivity contribution in [2.45, 2.75) is 52.2 Å². The van der Waals surface area contributed by atoms with E-state index in [0.29, 0.717) is 28.0 Å². The van der Waals surface area contributed by atoms with Gasteiger partial charge in [-0.2, -0.15) is 10.4 Å². The zero-order valence-corrected chi connectivity index (χ0v) is 19.6. The van der Waals surface area contributed by atoms with Crippen molar-refractivity contribution in [1.82, 2.24) is 20.4 Å². The van der Waals surface area contributed by atoms with Gasteiger partial charge >= 0.3 is 0 Å². The highest BCUT2D eigenvalue weighted by Crippen LogP contribution is 2.28. The van der Waals surface area contributed by atoms with Gasteiger partial charge in [-0.3, -0.25) is 14.3 Å². The van der Waals surface area contributed by atoms with Crippen LogP contribution >= 0.6 is 11.6 Å². The van der Waals surface area contributed by atoms with Crippen LogP contribution in [0.5, 0.6) is 0 Å². The third-order valence-corrected chi connectivity index (χ3v) is 5.98. The van der Waals surface area contributed by atoms with Gasteiger partial charge in [0.2, 0.25) is 5.91 Å². The molecule has 2 amide bonds. The molecule has 8 heteroatoms. The molecule has 1 fully saturated rings. The lowest BCUT2D eigenvalue weighted by molar-refractivity contribution is -0.125. The van der Waals surface area contributed by atoms with E-state index in [1.807, 2.05) is 32.9 Å². The minimum Gasteiger partial charge on any atom is -0.352 e. The summed E-state index contributed by atoms with van der Waals surface area (Å²) in [5.41, 5.74) is 1.87. The van der Waals surface area contributed by atoms with Crippen molar-refractivity contribution in [3.8, 4) is 6.07 Å². The van der Waals surface area contributed by atoms with Gasteiger partial charge in [-0.05, 0) is 42.0 Å². The van der Waals surface area contributed by atoms with E-state index in [2.05, 4.69) is 21.8 Å². The highest BCUT2D eigenvalue weighted by atomic mass is 35.5. The number of aromatic nitrogens is 2. The molecule has 0 spiro atoms. The molecule has 3 aromatic rings. The topological polar surface area (TPSA) is 99.8 Å². The Balaban J connectivity index is 1.66. The van der Waals surface area contributed by atoms with Crippen LogP contribution in [-0.4, -0.2) is 33.7 Å². The van der Waals surface area contributed by atoms with Crippen molar-refractivity contribution in [3.63, 3.8) is 0 Å². The van der Waals surface area contributed by atoms with Gasteiger partial charge in [-0.15, -0.1) is 0 Å². The Morgan fingerprint density at radius 1 is 1.21 bits per heavy atom. The minimum atomic E-state index is -0.705. The number of hydrogen-bond acceptors (Lipinski definition) is 4. The highest BCUT2D eigenvalue weighted by molar-refractivity contribution is 6.35. The molecule has 1 aromatic heterocycles. The number of nitrogens with zero attached hydrogens (tertiary/aromatic N) is 3. The Hall–Kier alpha value is -3.37. The van der Waals surface area contributed by atoms with Gasteiger partial charge in [0.05, 0.1) is 28.7 Å². The number of halogens is 1. The summed E-state index contributed by atoms with van der Waals surface area (Å²) in [7, 11) is 0. The number of fused-ring (bicyclic) bond motifs is 1. The molecule has 0 bridgehead atoms. The lowest BCUT2D eigenvalue weighted by atomic mass is 9.86. The van der Waals surface area contributed by atoms with Crippen LogP contribution in [-0.2, 0) is 11.3 Å². The van der Waals surface area contributed by atoms with Crippen molar-refractivity contribution >= 4 is 34.3 Å². The summed E-state index contributed by atoms with van der Waals surface area (Å²) in [6.45, 7) is 6.14. The standard InChI is InChI=1S/C25H26ClN5O2/c1-25(2,3)22(24(33)28-17-11-12-17)29-23(32)20-18-5-4-6-19(26)21(18)31(30-20)14-16-9-7-15(13-27)8-10-16/h4-10,17,22H,11-12,14H2,1-3H3,(H,28,33)(H,29,32). The lowest BCUT2D eigenvalue weighted by Gasteiger charge is -2.30. The number of nitriles is 1. The molecule has 7 nitrogen and oxygen atoms in total. The van der Waals surface area contributed by atoms with Gasteiger partial charge < -0.3 is 10.6 Å². The van der Waals surface area contributed by atoms with Crippen LogP contribution in [0.15, 0.2) is 42.5 Å². The van der Waals surface area contributed by atoms with Crippen molar-refractivity contribution < 1.29 is 9.59 Å². The van der Waals surface area contributed by atoms with E-state index in [4.69, 9.17) is 16.9 Å². The quantitative estimate of drug-likeness (QED) is 0.576. The molecule has 1 aliphatic carbocycles. The molecule has 4 rings (SSSR count). The van der Waals surface area contributed by atoms with E-state index < -0.39 is 17.4 Å². The number of benzene rings is 2. The molecular weight excluding hydrogens is 438 g/mol. The summed E-state index contributed by atoms with van der Waals surface area (Å²) in [5.74, 6) is -0.607. The van der Waals surface area contributed by atoms with E-state index >= 15 is 0 Å². The predicted octanol–water partition coefficient (Wildman–Crippen LogP) is 4.03. The Kier molecular flexibility index (Phi) is 6.13. The predicted molar refractivity (Wildman–Crippen MR) is 127 cm³/mol. The smallest absolute Gasteiger partial charge is 0.273 e. The van der Waals surface area contributed by atoms with Gasteiger partial charge in [-0.1, -0.05) is 56.6 Å². The maximum atomic E-state index is 13.3. The zero-order chi connectivity index (χ0) is 23.8. The second-order valence-electron chi connectivity index (χ2n) is 9.51. The average molecular weight is 464 g/mol. The minimum absolute atomic E-state index is 0.183. The van der Waals surface area contributed by atoms with E-state index in [1.54, 1.807) is 35.0 Å². The van der Waals surface area contributed by atoms with Crippen LogP contribution in [0.2, 0.25) is 5.02 Å².